The van der Waals surface area contributed by atoms with Crippen molar-refractivity contribution in [2.75, 3.05) is 5.73 Å². The molecule has 2 aromatic carbocycles. The minimum Gasteiger partial charge on any atom is -0.398 e. The molecule has 0 unspecified atom stereocenters. The molecule has 0 saturated heterocycles. The van der Waals surface area contributed by atoms with E-state index in [0.29, 0.717) is 0 Å². The van der Waals surface area contributed by atoms with Gasteiger partial charge in [-0.2, -0.15) is 0 Å². The molecule has 4 heteroatoms. The summed E-state index contributed by atoms with van der Waals surface area (Å²) in [7, 11) is 0. The van der Waals surface area contributed by atoms with Crippen LogP contribution in [-0.2, 0) is 5.75 Å². The van der Waals surface area contributed by atoms with Gasteiger partial charge in [0, 0.05) is 25.8 Å². The van der Waals surface area contributed by atoms with Crippen molar-refractivity contribution in [3.63, 3.8) is 0 Å². The van der Waals surface area contributed by atoms with E-state index in [-0.39, 0.29) is 0 Å². The lowest BCUT2D eigenvalue weighted by Crippen LogP contribution is -1.90. The van der Waals surface area contributed by atoms with E-state index < -0.39 is 0 Å². The number of anilines is 1. The van der Waals surface area contributed by atoms with Gasteiger partial charge in [0.25, 0.3) is 0 Å². The van der Waals surface area contributed by atoms with Gasteiger partial charge in [-0.05, 0) is 42.3 Å². The lowest BCUT2D eigenvalue weighted by Gasteiger charge is -2.08. The SMILES string of the molecule is Cc1ccc(SCc2ccc(Br)cc2Cl)c(N)c1. The molecule has 0 heterocycles. The quantitative estimate of drug-likeness (QED) is 0.606. The van der Waals surface area contributed by atoms with Crippen molar-refractivity contribution < 1.29 is 0 Å². The summed E-state index contributed by atoms with van der Waals surface area (Å²) < 4.78 is 0.996. The van der Waals surface area contributed by atoms with Gasteiger partial charge < -0.3 is 5.73 Å². The molecule has 2 aromatic rings. The second kappa shape index (κ2) is 6.00. The van der Waals surface area contributed by atoms with Crippen molar-refractivity contribution in [2.24, 2.45) is 0 Å². The van der Waals surface area contributed by atoms with Crippen molar-refractivity contribution in [1.82, 2.24) is 0 Å². The number of hydrogen-bond acceptors (Lipinski definition) is 2. The van der Waals surface area contributed by atoms with Crippen LogP contribution in [0.15, 0.2) is 45.8 Å². The minimum atomic E-state index is 0.780. The molecule has 0 radical (unpaired) electrons. The Bertz CT molecular complexity index is 520. The Morgan fingerprint density at radius 2 is 2.00 bits per heavy atom. The van der Waals surface area contributed by atoms with E-state index in [9.17, 15) is 0 Å². The summed E-state index contributed by atoms with van der Waals surface area (Å²) >= 11 is 11.3. The van der Waals surface area contributed by atoms with E-state index in [0.717, 1.165) is 31.4 Å². The smallest absolute Gasteiger partial charge is 0.0457 e. The minimum absolute atomic E-state index is 0.780. The third kappa shape index (κ3) is 3.44. The molecule has 94 valence electrons. The number of hydrogen-bond donors (Lipinski definition) is 1. The maximum Gasteiger partial charge on any atom is 0.0457 e. The number of nitrogen functional groups attached to an aromatic ring is 1. The van der Waals surface area contributed by atoms with Crippen molar-refractivity contribution in [3.8, 4) is 0 Å². The lowest BCUT2D eigenvalue weighted by atomic mass is 10.2. The highest BCUT2D eigenvalue weighted by molar-refractivity contribution is 9.10. The molecule has 0 bridgehead atoms. The fourth-order valence-corrected chi connectivity index (χ4v) is 3.37. The third-order valence-electron chi connectivity index (χ3n) is 2.56. The first-order valence-electron chi connectivity index (χ1n) is 5.49. The number of nitrogens with two attached hydrogens (primary N) is 1. The van der Waals surface area contributed by atoms with E-state index in [1.807, 2.05) is 31.2 Å². The van der Waals surface area contributed by atoms with E-state index >= 15 is 0 Å². The maximum atomic E-state index is 6.19. The Morgan fingerprint density at radius 1 is 1.22 bits per heavy atom. The van der Waals surface area contributed by atoms with Crippen LogP contribution in [0.25, 0.3) is 0 Å². The van der Waals surface area contributed by atoms with Crippen LogP contribution >= 0.6 is 39.3 Å². The van der Waals surface area contributed by atoms with Gasteiger partial charge in [0.15, 0.2) is 0 Å². The Labute approximate surface area is 125 Å². The van der Waals surface area contributed by atoms with Gasteiger partial charge in [-0.1, -0.05) is 39.7 Å². The Morgan fingerprint density at radius 3 is 2.67 bits per heavy atom. The molecule has 0 aliphatic heterocycles. The largest absolute Gasteiger partial charge is 0.398 e. The molecule has 2 rings (SSSR count). The first-order valence-corrected chi connectivity index (χ1v) is 7.65. The van der Waals surface area contributed by atoms with Crippen LogP contribution in [-0.4, -0.2) is 0 Å². The summed E-state index contributed by atoms with van der Waals surface area (Å²) in [4.78, 5) is 1.10. The van der Waals surface area contributed by atoms with Crippen LogP contribution in [0.4, 0.5) is 5.69 Å². The highest BCUT2D eigenvalue weighted by atomic mass is 79.9. The van der Waals surface area contributed by atoms with Gasteiger partial charge in [-0.25, -0.2) is 0 Å². The standard InChI is InChI=1S/C14H13BrClNS/c1-9-2-5-14(13(17)6-9)18-8-10-3-4-11(15)7-12(10)16/h2-7H,8,17H2,1H3. The number of thioether (sulfide) groups is 1. The molecular weight excluding hydrogens is 330 g/mol. The van der Waals surface area contributed by atoms with Crippen molar-refractivity contribution in [1.29, 1.82) is 0 Å². The lowest BCUT2D eigenvalue weighted by molar-refractivity contribution is 1.35. The van der Waals surface area contributed by atoms with Gasteiger partial charge in [-0.3, -0.25) is 0 Å². The normalized spacial score (nSPS) is 10.6. The highest BCUT2D eigenvalue weighted by Crippen LogP contribution is 2.31. The van der Waals surface area contributed by atoms with Gasteiger partial charge in [-0.15, -0.1) is 11.8 Å². The van der Waals surface area contributed by atoms with Crippen molar-refractivity contribution in [2.45, 2.75) is 17.6 Å². The van der Waals surface area contributed by atoms with E-state index in [2.05, 4.69) is 28.1 Å². The van der Waals surface area contributed by atoms with Crippen LogP contribution in [0.5, 0.6) is 0 Å². The van der Waals surface area contributed by atoms with Crippen LogP contribution in [0.3, 0.4) is 0 Å². The fourth-order valence-electron chi connectivity index (χ4n) is 1.59. The van der Waals surface area contributed by atoms with Crippen LogP contribution in [0.2, 0.25) is 5.02 Å². The fraction of sp³-hybridized carbons (Fsp3) is 0.143. The number of rotatable bonds is 3. The van der Waals surface area contributed by atoms with Gasteiger partial charge in [0.05, 0.1) is 0 Å². The summed E-state index contributed by atoms with van der Waals surface area (Å²) in [5.74, 6) is 0.819. The van der Waals surface area contributed by atoms with E-state index in [4.69, 9.17) is 17.3 Å². The zero-order chi connectivity index (χ0) is 13.1. The first-order chi connectivity index (χ1) is 8.56. The Hall–Kier alpha value is -0.640. The summed E-state index contributed by atoms with van der Waals surface area (Å²) in [6.07, 6.45) is 0. The molecule has 0 fully saturated rings. The number of halogens is 2. The molecule has 1 nitrogen and oxygen atoms in total. The topological polar surface area (TPSA) is 26.0 Å². The third-order valence-corrected chi connectivity index (χ3v) is 4.55. The van der Waals surface area contributed by atoms with Gasteiger partial charge in [0.2, 0.25) is 0 Å². The molecule has 0 saturated carbocycles. The molecule has 2 N–H and O–H groups in total. The van der Waals surface area contributed by atoms with Crippen LogP contribution < -0.4 is 5.73 Å². The summed E-state index contributed by atoms with van der Waals surface area (Å²) in [6, 6.07) is 12.1. The molecule has 0 spiro atoms. The van der Waals surface area contributed by atoms with Gasteiger partial charge >= 0.3 is 0 Å². The molecule has 0 atom stereocenters. The average Bonchev–Trinajstić information content (AvgIpc) is 2.30. The molecule has 0 aliphatic rings. The van der Waals surface area contributed by atoms with Crippen LogP contribution in [0.1, 0.15) is 11.1 Å². The number of aryl methyl sites for hydroxylation is 1. The zero-order valence-electron chi connectivity index (χ0n) is 9.91. The van der Waals surface area contributed by atoms with Gasteiger partial charge in [0.1, 0.15) is 0 Å². The summed E-state index contributed by atoms with van der Waals surface area (Å²) in [6.45, 7) is 2.04. The molecule has 0 aromatic heterocycles. The predicted molar refractivity (Wildman–Crippen MR) is 84.3 cm³/mol. The monoisotopic (exact) mass is 341 g/mol. The maximum absolute atomic E-state index is 6.19. The Balaban J connectivity index is 2.11. The first kappa shape index (κ1) is 13.8. The molecule has 0 aliphatic carbocycles. The zero-order valence-corrected chi connectivity index (χ0v) is 13.1. The molecule has 0 amide bonds. The molecule has 18 heavy (non-hydrogen) atoms. The molecular formula is C14H13BrClNS. The second-order valence-corrected chi connectivity index (χ2v) is 6.41. The summed E-state index contributed by atoms with van der Waals surface area (Å²) in [5.41, 5.74) is 9.11. The number of benzene rings is 2. The Kier molecular flexibility index (Phi) is 4.60. The van der Waals surface area contributed by atoms with Crippen molar-refractivity contribution >= 4 is 45.0 Å². The highest BCUT2D eigenvalue weighted by Gasteiger charge is 2.04. The predicted octanol–water partition coefficient (Wildman–Crippen LogP) is 5.29. The van der Waals surface area contributed by atoms with E-state index in [1.165, 1.54) is 5.56 Å². The van der Waals surface area contributed by atoms with Crippen molar-refractivity contribution in [3.05, 3.63) is 57.0 Å². The second-order valence-electron chi connectivity index (χ2n) is 4.07. The summed E-state index contributed by atoms with van der Waals surface area (Å²) in [5, 5.41) is 0.780. The van der Waals surface area contributed by atoms with E-state index in [1.54, 1.807) is 11.8 Å². The average molecular weight is 343 g/mol. The van der Waals surface area contributed by atoms with Crippen LogP contribution in [0, 0.1) is 6.92 Å².